The zero-order valence-corrected chi connectivity index (χ0v) is 9.83. The lowest BCUT2D eigenvalue weighted by molar-refractivity contribution is -0.126. The van der Waals surface area contributed by atoms with Crippen molar-refractivity contribution in [2.75, 3.05) is 0 Å². The predicted octanol–water partition coefficient (Wildman–Crippen LogP) is 3.32. The molecule has 0 bridgehead atoms. The van der Waals surface area contributed by atoms with Gasteiger partial charge in [-0.3, -0.25) is 4.79 Å². The van der Waals surface area contributed by atoms with Gasteiger partial charge in [-0.1, -0.05) is 33.1 Å². The molecule has 84 valence electrons. The van der Waals surface area contributed by atoms with E-state index in [0.29, 0.717) is 0 Å². The molecule has 1 atom stereocenters. The zero-order chi connectivity index (χ0) is 11.3. The molecule has 1 unspecified atom stereocenters. The summed E-state index contributed by atoms with van der Waals surface area (Å²) in [6, 6.07) is 2.16. The summed E-state index contributed by atoms with van der Waals surface area (Å²) < 4.78 is 0. The zero-order valence-electron chi connectivity index (χ0n) is 9.83. The SMILES string of the molecule is CCCC(C#N)C(=O)C1CCC(C)CC1. The van der Waals surface area contributed by atoms with Crippen molar-refractivity contribution >= 4 is 5.78 Å². The number of hydrogen-bond donors (Lipinski definition) is 0. The van der Waals surface area contributed by atoms with Crippen LogP contribution in [-0.4, -0.2) is 5.78 Å². The third-order valence-corrected chi connectivity index (χ3v) is 3.49. The maximum Gasteiger partial charge on any atom is 0.153 e. The Hall–Kier alpha value is -0.840. The van der Waals surface area contributed by atoms with Gasteiger partial charge in [-0.2, -0.15) is 5.26 Å². The van der Waals surface area contributed by atoms with Crippen LogP contribution in [0.3, 0.4) is 0 Å². The van der Waals surface area contributed by atoms with E-state index in [9.17, 15) is 4.79 Å². The molecular formula is C13H21NO. The molecule has 1 rings (SSSR count). The Balaban J connectivity index is 2.49. The fourth-order valence-corrected chi connectivity index (χ4v) is 2.39. The van der Waals surface area contributed by atoms with Gasteiger partial charge < -0.3 is 0 Å². The fraction of sp³-hybridized carbons (Fsp3) is 0.846. The summed E-state index contributed by atoms with van der Waals surface area (Å²) in [5, 5.41) is 8.94. The number of rotatable bonds is 4. The number of nitriles is 1. The van der Waals surface area contributed by atoms with Gasteiger partial charge >= 0.3 is 0 Å². The number of Topliss-reactive ketones (excluding diaryl/α,β-unsaturated/α-hetero) is 1. The highest BCUT2D eigenvalue weighted by atomic mass is 16.1. The van der Waals surface area contributed by atoms with Gasteiger partial charge in [0.2, 0.25) is 0 Å². The molecule has 0 aromatic heterocycles. The Morgan fingerprint density at radius 1 is 1.40 bits per heavy atom. The van der Waals surface area contributed by atoms with Crippen molar-refractivity contribution in [1.82, 2.24) is 0 Å². The van der Waals surface area contributed by atoms with Gasteiger partial charge in [0.15, 0.2) is 5.78 Å². The molecule has 1 aliphatic rings. The minimum absolute atomic E-state index is 0.178. The van der Waals surface area contributed by atoms with Crippen molar-refractivity contribution in [2.24, 2.45) is 17.8 Å². The predicted molar refractivity (Wildman–Crippen MR) is 60.1 cm³/mol. The Kier molecular flexibility index (Phi) is 4.81. The van der Waals surface area contributed by atoms with Gasteiger partial charge in [-0.25, -0.2) is 0 Å². The van der Waals surface area contributed by atoms with E-state index in [1.807, 2.05) is 6.92 Å². The van der Waals surface area contributed by atoms with Gasteiger partial charge in [0.1, 0.15) is 5.92 Å². The van der Waals surface area contributed by atoms with Crippen molar-refractivity contribution in [2.45, 2.75) is 52.4 Å². The molecular weight excluding hydrogens is 186 g/mol. The molecule has 1 aliphatic carbocycles. The van der Waals surface area contributed by atoms with Crippen LogP contribution >= 0.6 is 0 Å². The van der Waals surface area contributed by atoms with Crippen molar-refractivity contribution in [1.29, 1.82) is 5.26 Å². The molecule has 0 amide bonds. The van der Waals surface area contributed by atoms with Crippen molar-refractivity contribution < 1.29 is 4.79 Å². The van der Waals surface area contributed by atoms with Crippen LogP contribution in [0.4, 0.5) is 0 Å². The summed E-state index contributed by atoms with van der Waals surface area (Å²) in [5.41, 5.74) is 0. The lowest BCUT2D eigenvalue weighted by Crippen LogP contribution is -2.26. The van der Waals surface area contributed by atoms with Crippen LogP contribution in [0.1, 0.15) is 52.4 Å². The van der Waals surface area contributed by atoms with Crippen molar-refractivity contribution in [3.63, 3.8) is 0 Å². The number of carbonyl (C=O) groups excluding carboxylic acids is 1. The van der Waals surface area contributed by atoms with Crippen LogP contribution < -0.4 is 0 Å². The summed E-state index contributed by atoms with van der Waals surface area (Å²) in [7, 11) is 0. The minimum Gasteiger partial charge on any atom is -0.298 e. The Labute approximate surface area is 92.7 Å². The summed E-state index contributed by atoms with van der Waals surface area (Å²) in [6.45, 7) is 4.27. The van der Waals surface area contributed by atoms with Crippen LogP contribution in [0.2, 0.25) is 0 Å². The largest absolute Gasteiger partial charge is 0.298 e. The number of nitrogens with zero attached hydrogens (tertiary/aromatic N) is 1. The molecule has 0 aromatic rings. The average Bonchev–Trinajstić information content (AvgIpc) is 2.26. The van der Waals surface area contributed by atoms with E-state index in [0.717, 1.165) is 44.4 Å². The first-order valence-corrected chi connectivity index (χ1v) is 6.12. The number of hydrogen-bond acceptors (Lipinski definition) is 2. The van der Waals surface area contributed by atoms with Crippen molar-refractivity contribution in [3.8, 4) is 6.07 Å². The second-order valence-electron chi connectivity index (χ2n) is 4.83. The van der Waals surface area contributed by atoms with Crippen molar-refractivity contribution in [3.05, 3.63) is 0 Å². The summed E-state index contributed by atoms with van der Waals surface area (Å²) in [4.78, 5) is 12.0. The maximum atomic E-state index is 12.0. The molecule has 0 aliphatic heterocycles. The van der Waals surface area contributed by atoms with Crippen LogP contribution in [-0.2, 0) is 4.79 Å². The lowest BCUT2D eigenvalue weighted by atomic mass is 9.77. The second-order valence-corrected chi connectivity index (χ2v) is 4.83. The first kappa shape index (κ1) is 12.2. The van der Waals surface area contributed by atoms with Crippen LogP contribution in [0.15, 0.2) is 0 Å². The van der Waals surface area contributed by atoms with Gasteiger partial charge in [-0.05, 0) is 25.2 Å². The highest BCUT2D eigenvalue weighted by Gasteiger charge is 2.29. The Bertz CT molecular complexity index is 246. The topological polar surface area (TPSA) is 40.9 Å². The minimum atomic E-state index is -0.339. The molecule has 2 heteroatoms. The molecule has 0 N–H and O–H groups in total. The normalized spacial score (nSPS) is 28.1. The van der Waals surface area contributed by atoms with E-state index in [4.69, 9.17) is 5.26 Å². The highest BCUT2D eigenvalue weighted by Crippen LogP contribution is 2.31. The Morgan fingerprint density at radius 2 is 2.00 bits per heavy atom. The molecule has 1 fully saturated rings. The van der Waals surface area contributed by atoms with Gasteiger partial charge in [-0.15, -0.1) is 0 Å². The third-order valence-electron chi connectivity index (χ3n) is 3.49. The quantitative estimate of drug-likeness (QED) is 0.709. The first-order chi connectivity index (χ1) is 7.19. The maximum absolute atomic E-state index is 12.0. The van der Waals surface area contributed by atoms with Crippen LogP contribution in [0.5, 0.6) is 0 Å². The van der Waals surface area contributed by atoms with E-state index in [1.165, 1.54) is 0 Å². The van der Waals surface area contributed by atoms with Crippen LogP contribution in [0.25, 0.3) is 0 Å². The molecule has 2 nitrogen and oxygen atoms in total. The molecule has 0 spiro atoms. The van der Waals surface area contributed by atoms with Gasteiger partial charge in [0.05, 0.1) is 6.07 Å². The summed E-state index contributed by atoms with van der Waals surface area (Å²) in [5.74, 6) is 0.817. The third kappa shape index (κ3) is 3.34. The van der Waals surface area contributed by atoms with E-state index in [-0.39, 0.29) is 17.6 Å². The van der Waals surface area contributed by atoms with E-state index < -0.39 is 0 Å². The monoisotopic (exact) mass is 207 g/mol. The molecule has 0 saturated heterocycles. The Morgan fingerprint density at radius 3 is 2.47 bits per heavy atom. The first-order valence-electron chi connectivity index (χ1n) is 6.12. The number of carbonyl (C=O) groups is 1. The van der Waals surface area contributed by atoms with E-state index in [1.54, 1.807) is 0 Å². The summed E-state index contributed by atoms with van der Waals surface area (Å²) >= 11 is 0. The van der Waals surface area contributed by atoms with Crippen LogP contribution in [0, 0.1) is 29.1 Å². The number of ketones is 1. The average molecular weight is 207 g/mol. The lowest BCUT2D eigenvalue weighted by Gasteiger charge is -2.26. The molecule has 0 heterocycles. The van der Waals surface area contributed by atoms with Gasteiger partial charge in [0.25, 0.3) is 0 Å². The highest BCUT2D eigenvalue weighted by molar-refractivity contribution is 5.85. The molecule has 15 heavy (non-hydrogen) atoms. The fourth-order valence-electron chi connectivity index (χ4n) is 2.39. The summed E-state index contributed by atoms with van der Waals surface area (Å²) in [6.07, 6.45) is 5.97. The standard InChI is InChI=1S/C13H21NO/c1-3-4-12(9-14)13(15)11-7-5-10(2)6-8-11/h10-12H,3-8H2,1-2H3. The van der Waals surface area contributed by atoms with Gasteiger partial charge in [0, 0.05) is 5.92 Å². The smallest absolute Gasteiger partial charge is 0.153 e. The van der Waals surface area contributed by atoms with E-state index >= 15 is 0 Å². The molecule has 0 radical (unpaired) electrons. The van der Waals surface area contributed by atoms with E-state index in [2.05, 4.69) is 13.0 Å². The molecule has 1 saturated carbocycles. The second kappa shape index (κ2) is 5.90. The molecule has 0 aromatic carbocycles.